The van der Waals surface area contributed by atoms with E-state index < -0.39 is 0 Å². The number of H-pyrrole nitrogens is 1. The van der Waals surface area contributed by atoms with Crippen LogP contribution in [0, 0.1) is 5.82 Å². The summed E-state index contributed by atoms with van der Waals surface area (Å²) in [7, 11) is 0. The smallest absolute Gasteiger partial charge is 0.305 e. The molecule has 3 nitrogen and oxygen atoms in total. The van der Waals surface area contributed by atoms with Gasteiger partial charge in [-0.05, 0) is 31.4 Å². The fourth-order valence-electron chi connectivity index (χ4n) is 2.13. The molecule has 0 spiro atoms. The van der Waals surface area contributed by atoms with Crippen LogP contribution in [0.3, 0.4) is 0 Å². The van der Waals surface area contributed by atoms with Crippen molar-refractivity contribution in [2.45, 2.75) is 25.3 Å². The van der Waals surface area contributed by atoms with Crippen molar-refractivity contribution in [3.05, 3.63) is 34.5 Å². The van der Waals surface area contributed by atoms with Crippen LogP contribution in [0.5, 0.6) is 0 Å². The summed E-state index contributed by atoms with van der Waals surface area (Å²) >= 11 is 0. The lowest BCUT2D eigenvalue weighted by atomic mass is 9.93. The van der Waals surface area contributed by atoms with Crippen molar-refractivity contribution in [2.75, 3.05) is 0 Å². The van der Waals surface area contributed by atoms with Gasteiger partial charge in [0.15, 0.2) is 0 Å². The first kappa shape index (κ1) is 8.71. The van der Waals surface area contributed by atoms with E-state index in [0.29, 0.717) is 11.0 Å². The molecule has 1 heterocycles. The Hall–Kier alpha value is -1.58. The molecule has 78 valence electrons. The van der Waals surface area contributed by atoms with Gasteiger partial charge in [0, 0.05) is 6.04 Å². The van der Waals surface area contributed by atoms with Gasteiger partial charge in [-0.1, -0.05) is 6.07 Å². The summed E-state index contributed by atoms with van der Waals surface area (Å²) < 4.78 is 15.2. The van der Waals surface area contributed by atoms with Crippen LogP contribution in [-0.4, -0.2) is 9.55 Å². The van der Waals surface area contributed by atoms with Gasteiger partial charge in [0.1, 0.15) is 11.3 Å². The molecule has 1 N–H and O–H groups in total. The first-order valence-electron chi connectivity index (χ1n) is 5.16. The van der Waals surface area contributed by atoms with Gasteiger partial charge in [-0.25, -0.2) is 9.18 Å². The number of rotatable bonds is 1. The number of fused-ring (bicyclic) bond motifs is 1. The van der Waals surface area contributed by atoms with E-state index >= 15 is 0 Å². The van der Waals surface area contributed by atoms with Crippen molar-refractivity contribution in [3.63, 3.8) is 0 Å². The van der Waals surface area contributed by atoms with Gasteiger partial charge in [-0.15, -0.1) is 0 Å². The molecule has 2 aromatic rings. The maximum absolute atomic E-state index is 13.6. The van der Waals surface area contributed by atoms with Crippen molar-refractivity contribution in [3.8, 4) is 0 Å². The van der Waals surface area contributed by atoms with E-state index in [2.05, 4.69) is 4.98 Å². The SMILES string of the molecule is O=c1[nH]c2cccc(F)c2n1C1CCC1. The minimum absolute atomic E-state index is 0.183. The summed E-state index contributed by atoms with van der Waals surface area (Å²) in [5.74, 6) is -0.322. The van der Waals surface area contributed by atoms with Crippen LogP contribution in [0.15, 0.2) is 23.0 Å². The Bertz CT molecular complexity index is 565. The predicted molar refractivity (Wildman–Crippen MR) is 55.4 cm³/mol. The van der Waals surface area contributed by atoms with Crippen LogP contribution in [0.25, 0.3) is 11.0 Å². The van der Waals surface area contributed by atoms with Crippen LogP contribution in [0.4, 0.5) is 4.39 Å². The fourth-order valence-corrected chi connectivity index (χ4v) is 2.13. The molecule has 1 fully saturated rings. The Labute approximate surface area is 85.5 Å². The minimum Gasteiger partial charge on any atom is -0.305 e. The summed E-state index contributed by atoms with van der Waals surface area (Å²) in [6.45, 7) is 0. The molecular weight excluding hydrogens is 195 g/mol. The van der Waals surface area contributed by atoms with Gasteiger partial charge in [0.05, 0.1) is 5.52 Å². The van der Waals surface area contributed by atoms with E-state index in [-0.39, 0.29) is 17.5 Å². The molecular formula is C11H11FN2O. The quantitative estimate of drug-likeness (QED) is 0.763. The topological polar surface area (TPSA) is 37.8 Å². The Kier molecular flexibility index (Phi) is 1.71. The molecule has 1 aromatic carbocycles. The number of para-hydroxylation sites is 1. The van der Waals surface area contributed by atoms with E-state index in [1.54, 1.807) is 16.7 Å². The van der Waals surface area contributed by atoms with E-state index in [4.69, 9.17) is 0 Å². The summed E-state index contributed by atoms with van der Waals surface area (Å²) in [6, 6.07) is 4.92. The molecule has 0 atom stereocenters. The zero-order valence-electron chi connectivity index (χ0n) is 8.16. The van der Waals surface area contributed by atoms with Crippen molar-refractivity contribution < 1.29 is 4.39 Å². The van der Waals surface area contributed by atoms with E-state index in [1.165, 1.54) is 6.07 Å². The third-order valence-corrected chi connectivity index (χ3v) is 3.13. The monoisotopic (exact) mass is 206 g/mol. The molecule has 1 aliphatic rings. The van der Waals surface area contributed by atoms with Gasteiger partial charge in [0.2, 0.25) is 0 Å². The van der Waals surface area contributed by atoms with Crippen molar-refractivity contribution in [1.29, 1.82) is 0 Å². The third-order valence-electron chi connectivity index (χ3n) is 3.13. The highest BCUT2D eigenvalue weighted by Gasteiger charge is 2.24. The van der Waals surface area contributed by atoms with Gasteiger partial charge >= 0.3 is 5.69 Å². The van der Waals surface area contributed by atoms with Gasteiger partial charge in [-0.3, -0.25) is 4.57 Å². The second-order valence-electron chi connectivity index (χ2n) is 4.02. The first-order chi connectivity index (χ1) is 7.27. The molecule has 1 saturated carbocycles. The molecule has 4 heteroatoms. The van der Waals surface area contributed by atoms with Crippen LogP contribution in [-0.2, 0) is 0 Å². The maximum Gasteiger partial charge on any atom is 0.326 e. The fraction of sp³-hybridized carbons (Fsp3) is 0.364. The number of benzene rings is 1. The zero-order valence-corrected chi connectivity index (χ0v) is 8.16. The Balaban J connectivity index is 2.35. The minimum atomic E-state index is -0.322. The number of imidazole rings is 1. The van der Waals surface area contributed by atoms with Crippen molar-refractivity contribution in [2.24, 2.45) is 0 Å². The van der Waals surface area contributed by atoms with Crippen LogP contribution in [0.2, 0.25) is 0 Å². The van der Waals surface area contributed by atoms with Crippen LogP contribution >= 0.6 is 0 Å². The molecule has 1 aromatic heterocycles. The lowest BCUT2D eigenvalue weighted by molar-refractivity contribution is 0.312. The van der Waals surface area contributed by atoms with Crippen LogP contribution in [0.1, 0.15) is 25.3 Å². The average Bonchev–Trinajstić information content (AvgIpc) is 2.42. The summed E-state index contributed by atoms with van der Waals surface area (Å²) in [5, 5.41) is 0. The van der Waals surface area contributed by atoms with E-state index in [9.17, 15) is 9.18 Å². The molecule has 0 bridgehead atoms. The number of aromatic nitrogens is 2. The number of hydrogen-bond acceptors (Lipinski definition) is 1. The van der Waals surface area contributed by atoms with Gasteiger partial charge in [-0.2, -0.15) is 0 Å². The normalized spacial score (nSPS) is 16.9. The first-order valence-corrected chi connectivity index (χ1v) is 5.16. The predicted octanol–water partition coefficient (Wildman–Crippen LogP) is 2.19. The van der Waals surface area contributed by atoms with Crippen LogP contribution < -0.4 is 5.69 Å². The molecule has 0 amide bonds. The molecule has 0 radical (unpaired) electrons. The largest absolute Gasteiger partial charge is 0.326 e. The average molecular weight is 206 g/mol. The molecule has 0 saturated heterocycles. The second kappa shape index (κ2) is 2.95. The summed E-state index contributed by atoms with van der Waals surface area (Å²) in [5.41, 5.74) is 0.818. The van der Waals surface area contributed by atoms with Gasteiger partial charge < -0.3 is 4.98 Å². The van der Waals surface area contributed by atoms with Crippen molar-refractivity contribution in [1.82, 2.24) is 9.55 Å². The Morgan fingerprint density at radius 1 is 1.40 bits per heavy atom. The highest BCUT2D eigenvalue weighted by Crippen LogP contribution is 2.32. The Morgan fingerprint density at radius 3 is 2.87 bits per heavy atom. The molecule has 1 aliphatic carbocycles. The molecule has 15 heavy (non-hydrogen) atoms. The Morgan fingerprint density at radius 2 is 2.20 bits per heavy atom. The lowest BCUT2D eigenvalue weighted by Crippen LogP contribution is -2.27. The summed E-state index contributed by atoms with van der Waals surface area (Å²) in [4.78, 5) is 14.4. The number of halogens is 1. The molecule has 0 unspecified atom stereocenters. The number of nitrogens with zero attached hydrogens (tertiary/aromatic N) is 1. The molecule has 3 rings (SSSR count). The van der Waals surface area contributed by atoms with Crippen molar-refractivity contribution >= 4 is 11.0 Å². The molecule has 0 aliphatic heterocycles. The summed E-state index contributed by atoms with van der Waals surface area (Å²) in [6.07, 6.45) is 3.07. The standard InChI is InChI=1S/C11H11FN2O/c12-8-5-2-6-9-10(8)14(11(15)13-9)7-3-1-4-7/h2,5-7H,1,3-4H2,(H,13,15). The van der Waals surface area contributed by atoms with E-state index in [1.807, 2.05) is 0 Å². The number of hydrogen-bond donors (Lipinski definition) is 1. The second-order valence-corrected chi connectivity index (χ2v) is 4.02. The number of aromatic amines is 1. The highest BCUT2D eigenvalue weighted by atomic mass is 19.1. The third kappa shape index (κ3) is 1.14. The lowest BCUT2D eigenvalue weighted by Gasteiger charge is -2.26. The van der Waals surface area contributed by atoms with E-state index in [0.717, 1.165) is 19.3 Å². The highest BCUT2D eigenvalue weighted by molar-refractivity contribution is 5.75. The zero-order chi connectivity index (χ0) is 10.4. The maximum atomic E-state index is 13.6. The number of nitrogens with one attached hydrogen (secondary N) is 1. The van der Waals surface area contributed by atoms with Gasteiger partial charge in [0.25, 0.3) is 0 Å².